The van der Waals surface area contributed by atoms with E-state index in [9.17, 15) is 4.79 Å². The van der Waals surface area contributed by atoms with Crippen molar-refractivity contribution in [1.29, 1.82) is 0 Å². The molecule has 0 unspecified atom stereocenters. The summed E-state index contributed by atoms with van der Waals surface area (Å²) in [7, 11) is 4.66. The maximum atomic E-state index is 13.0. The Morgan fingerprint density at radius 2 is 1.66 bits per heavy atom. The molecule has 9 nitrogen and oxygen atoms in total. The van der Waals surface area contributed by atoms with Crippen molar-refractivity contribution in [2.45, 2.75) is 0 Å². The molecular formula is C30H25N5O4S2. The fraction of sp³-hybridized carbons (Fsp3) is 0.100. The van der Waals surface area contributed by atoms with E-state index in [-0.39, 0.29) is 5.91 Å². The molecule has 6 rings (SSSR count). The first-order valence-corrected chi connectivity index (χ1v) is 14.2. The summed E-state index contributed by atoms with van der Waals surface area (Å²) >= 11 is 2.93. The van der Waals surface area contributed by atoms with Crippen LogP contribution in [-0.4, -0.2) is 37.2 Å². The summed E-state index contributed by atoms with van der Waals surface area (Å²) in [4.78, 5) is 22.9. The Morgan fingerprint density at radius 1 is 0.878 bits per heavy atom. The van der Waals surface area contributed by atoms with E-state index in [0.717, 1.165) is 25.9 Å². The topological polar surface area (TPSA) is 121 Å². The molecule has 0 atom stereocenters. The standard InChI is InChI=1S/C30H25N5O4S2/c1-37-21-13-19(14-22(38-2)26(21)39-3)33-30-34-25-20(15-40-27(25)28(31)35-30)16-8-6-9-18(11-16)32-29(36)24-12-17-7-4-5-10-23(17)41-24/h4-15H,1-3H3,(H,32,36)(H3,31,33,34,35). The molecule has 206 valence electrons. The summed E-state index contributed by atoms with van der Waals surface area (Å²) in [6.07, 6.45) is 0. The van der Waals surface area contributed by atoms with Crippen LogP contribution in [0, 0.1) is 0 Å². The zero-order valence-electron chi connectivity index (χ0n) is 22.3. The van der Waals surface area contributed by atoms with Gasteiger partial charge in [0.25, 0.3) is 5.91 Å². The SMILES string of the molecule is COc1cc(Nc2nc(N)c3scc(-c4cccc(NC(=O)c5cc6ccccc6s5)c4)c3n2)cc(OC)c1OC. The van der Waals surface area contributed by atoms with E-state index >= 15 is 0 Å². The number of aromatic nitrogens is 2. The number of nitrogen functional groups attached to an aromatic ring is 1. The van der Waals surface area contributed by atoms with E-state index in [1.54, 1.807) is 33.5 Å². The predicted octanol–water partition coefficient (Wildman–Crippen LogP) is 7.18. The Morgan fingerprint density at radius 3 is 2.39 bits per heavy atom. The van der Waals surface area contributed by atoms with Gasteiger partial charge in [0.15, 0.2) is 11.5 Å². The lowest BCUT2D eigenvalue weighted by atomic mass is 10.1. The van der Waals surface area contributed by atoms with Crippen molar-refractivity contribution in [3.8, 4) is 28.4 Å². The lowest BCUT2D eigenvalue weighted by molar-refractivity contribution is 0.103. The highest BCUT2D eigenvalue weighted by molar-refractivity contribution is 7.21. The first kappa shape index (κ1) is 26.4. The normalized spacial score (nSPS) is 11.0. The molecule has 0 aliphatic carbocycles. The molecule has 6 aromatic rings. The number of methoxy groups -OCH3 is 3. The van der Waals surface area contributed by atoms with Crippen LogP contribution in [0.3, 0.4) is 0 Å². The molecule has 3 aromatic heterocycles. The van der Waals surface area contributed by atoms with E-state index in [4.69, 9.17) is 24.9 Å². The molecule has 3 aromatic carbocycles. The fourth-order valence-corrected chi connectivity index (χ4v) is 6.41. The first-order chi connectivity index (χ1) is 20.0. The van der Waals surface area contributed by atoms with Gasteiger partial charge in [-0.05, 0) is 35.2 Å². The molecule has 0 spiro atoms. The van der Waals surface area contributed by atoms with E-state index < -0.39 is 0 Å². The molecule has 3 heterocycles. The summed E-state index contributed by atoms with van der Waals surface area (Å²) in [5.41, 5.74) is 10.1. The van der Waals surface area contributed by atoms with Crippen molar-refractivity contribution in [2.75, 3.05) is 37.7 Å². The minimum Gasteiger partial charge on any atom is -0.493 e. The molecule has 0 bridgehead atoms. The average Bonchev–Trinajstić information content (AvgIpc) is 3.62. The number of anilines is 4. The summed E-state index contributed by atoms with van der Waals surface area (Å²) < 4.78 is 18.2. The number of hydrogen-bond acceptors (Lipinski definition) is 10. The minimum atomic E-state index is -0.151. The summed E-state index contributed by atoms with van der Waals surface area (Å²) in [5.74, 6) is 2.00. The molecule has 4 N–H and O–H groups in total. The molecule has 0 fully saturated rings. The largest absolute Gasteiger partial charge is 0.493 e. The zero-order valence-corrected chi connectivity index (χ0v) is 24.0. The summed E-state index contributed by atoms with van der Waals surface area (Å²) in [6.45, 7) is 0. The lowest BCUT2D eigenvalue weighted by Crippen LogP contribution is -2.09. The van der Waals surface area contributed by atoms with Gasteiger partial charge in [-0.2, -0.15) is 4.98 Å². The van der Waals surface area contributed by atoms with E-state index in [2.05, 4.69) is 15.6 Å². The van der Waals surface area contributed by atoms with Crippen molar-refractivity contribution in [2.24, 2.45) is 0 Å². The molecule has 1 amide bonds. The van der Waals surface area contributed by atoms with Crippen LogP contribution in [0.15, 0.2) is 72.1 Å². The maximum Gasteiger partial charge on any atom is 0.265 e. The number of rotatable bonds is 8. The highest BCUT2D eigenvalue weighted by Gasteiger charge is 2.17. The van der Waals surface area contributed by atoms with Crippen LogP contribution in [0.4, 0.5) is 23.1 Å². The van der Waals surface area contributed by atoms with Crippen molar-refractivity contribution in [3.05, 3.63) is 77.0 Å². The minimum absolute atomic E-state index is 0.151. The van der Waals surface area contributed by atoms with Crippen molar-refractivity contribution < 1.29 is 19.0 Å². The van der Waals surface area contributed by atoms with Crippen LogP contribution in [0.25, 0.3) is 31.4 Å². The quantitative estimate of drug-likeness (QED) is 0.172. The second-order valence-corrected chi connectivity index (χ2v) is 10.9. The van der Waals surface area contributed by atoms with E-state index in [1.807, 2.05) is 60.0 Å². The molecule has 0 aliphatic rings. The van der Waals surface area contributed by atoms with Crippen LogP contribution in [0.5, 0.6) is 17.2 Å². The smallest absolute Gasteiger partial charge is 0.265 e. The Hall–Kier alpha value is -4.87. The number of carbonyl (C=O) groups excluding carboxylic acids is 1. The van der Waals surface area contributed by atoms with Gasteiger partial charge in [-0.3, -0.25) is 4.79 Å². The molecule has 0 saturated carbocycles. The Kier molecular flexibility index (Phi) is 7.04. The third-order valence-corrected chi connectivity index (χ3v) is 8.55. The second-order valence-electron chi connectivity index (χ2n) is 8.98. The molecule has 0 aliphatic heterocycles. The fourth-order valence-electron chi connectivity index (χ4n) is 4.53. The van der Waals surface area contributed by atoms with Crippen LogP contribution in [0.1, 0.15) is 9.67 Å². The van der Waals surface area contributed by atoms with Gasteiger partial charge >= 0.3 is 0 Å². The third kappa shape index (κ3) is 5.08. The number of hydrogen-bond donors (Lipinski definition) is 3. The second kappa shape index (κ2) is 11.0. The number of benzene rings is 3. The van der Waals surface area contributed by atoms with Gasteiger partial charge in [-0.1, -0.05) is 30.3 Å². The Bertz CT molecular complexity index is 1860. The molecule has 41 heavy (non-hydrogen) atoms. The number of nitrogens with two attached hydrogens (primary N) is 1. The number of amides is 1. The third-order valence-electron chi connectivity index (χ3n) is 6.44. The van der Waals surface area contributed by atoms with Gasteiger partial charge in [-0.25, -0.2) is 4.98 Å². The number of nitrogens with zero attached hydrogens (tertiary/aromatic N) is 2. The van der Waals surface area contributed by atoms with Gasteiger partial charge < -0.3 is 30.6 Å². The van der Waals surface area contributed by atoms with Crippen LogP contribution >= 0.6 is 22.7 Å². The van der Waals surface area contributed by atoms with Gasteiger partial charge in [0.2, 0.25) is 11.7 Å². The van der Waals surface area contributed by atoms with Crippen LogP contribution in [-0.2, 0) is 0 Å². The van der Waals surface area contributed by atoms with Gasteiger partial charge in [-0.15, -0.1) is 22.7 Å². The van der Waals surface area contributed by atoms with Crippen molar-refractivity contribution in [1.82, 2.24) is 9.97 Å². The lowest BCUT2D eigenvalue weighted by Gasteiger charge is -2.15. The van der Waals surface area contributed by atoms with E-state index in [0.29, 0.717) is 50.8 Å². The molecule has 11 heteroatoms. The predicted molar refractivity (Wildman–Crippen MR) is 166 cm³/mol. The number of ether oxygens (including phenoxy) is 3. The van der Waals surface area contributed by atoms with Gasteiger partial charge in [0.05, 0.1) is 36.4 Å². The highest BCUT2D eigenvalue weighted by atomic mass is 32.1. The molecule has 0 radical (unpaired) electrons. The number of thiophene rings is 2. The highest BCUT2D eigenvalue weighted by Crippen LogP contribution is 2.41. The summed E-state index contributed by atoms with van der Waals surface area (Å²) in [6, 6.07) is 21.1. The Balaban J connectivity index is 1.31. The van der Waals surface area contributed by atoms with E-state index in [1.165, 1.54) is 22.7 Å². The maximum absolute atomic E-state index is 13.0. The van der Waals surface area contributed by atoms with Crippen molar-refractivity contribution in [3.63, 3.8) is 0 Å². The van der Waals surface area contributed by atoms with Crippen molar-refractivity contribution >= 4 is 72.0 Å². The number of fused-ring (bicyclic) bond motifs is 2. The van der Waals surface area contributed by atoms with Crippen LogP contribution < -0.4 is 30.6 Å². The molecule has 0 saturated heterocycles. The number of nitrogens with one attached hydrogen (secondary N) is 2. The summed E-state index contributed by atoms with van der Waals surface area (Å²) in [5, 5.41) is 9.27. The van der Waals surface area contributed by atoms with Gasteiger partial charge in [0.1, 0.15) is 5.82 Å². The van der Waals surface area contributed by atoms with Crippen LogP contribution in [0.2, 0.25) is 0 Å². The Labute approximate surface area is 243 Å². The monoisotopic (exact) mass is 583 g/mol. The zero-order chi connectivity index (χ0) is 28.5. The number of carbonyl (C=O) groups is 1. The first-order valence-electron chi connectivity index (χ1n) is 12.5. The van der Waals surface area contributed by atoms with Gasteiger partial charge in [0, 0.05) is 39.2 Å². The molecular weight excluding hydrogens is 558 g/mol. The average molecular weight is 584 g/mol.